The van der Waals surface area contributed by atoms with Gasteiger partial charge >= 0.3 is 0 Å². The quantitative estimate of drug-likeness (QED) is 0.699. The Hall–Kier alpha value is -0.640. The van der Waals surface area contributed by atoms with Gasteiger partial charge in [0.1, 0.15) is 0 Å². The Labute approximate surface area is 65.4 Å². The predicted octanol–water partition coefficient (Wildman–Crippen LogP) is 2.69. The van der Waals surface area contributed by atoms with E-state index in [0.29, 0.717) is 5.69 Å². The first-order chi connectivity index (χ1) is 4.74. The molecular weight excluding hydrogens is 204 g/mol. The van der Waals surface area contributed by atoms with Crippen molar-refractivity contribution in [2.45, 2.75) is 0 Å². The predicted molar refractivity (Wildman–Crippen MR) is 38.9 cm³/mol. The summed E-state index contributed by atoms with van der Waals surface area (Å²) in [5, 5.41) is 0. The van der Waals surface area contributed by atoms with Crippen LogP contribution in [0.5, 0.6) is 0 Å². The lowest BCUT2D eigenvalue weighted by Crippen LogP contribution is -1.85. The van der Waals surface area contributed by atoms with Gasteiger partial charge in [0.25, 0.3) is 0 Å². The summed E-state index contributed by atoms with van der Waals surface area (Å²) >= 11 is 2.88. The summed E-state index contributed by atoms with van der Waals surface area (Å²) < 4.78 is 27.0. The molecule has 0 saturated carbocycles. The summed E-state index contributed by atoms with van der Waals surface area (Å²) in [4.78, 5) is 0. The van der Waals surface area contributed by atoms with E-state index < -0.39 is 11.6 Å². The Morgan fingerprint density at radius 3 is 2.40 bits per heavy atom. The Morgan fingerprint density at radius 1 is 1.20 bits per heavy atom. The largest absolute Gasteiger partial charge is 0.322 e. The lowest BCUT2D eigenvalue weighted by Gasteiger charge is -1.96. The minimum Gasteiger partial charge on any atom is -0.322 e. The lowest BCUT2D eigenvalue weighted by atomic mass is 10.3. The van der Waals surface area contributed by atoms with Crippen molar-refractivity contribution in [1.82, 2.24) is 0 Å². The molecule has 0 unspecified atom stereocenters. The van der Waals surface area contributed by atoms with Gasteiger partial charge in [-0.1, -0.05) is 0 Å². The monoisotopic (exact) mass is 207 g/mol. The molecule has 0 heterocycles. The molecule has 0 aliphatic carbocycles. The van der Waals surface area contributed by atoms with Crippen LogP contribution < -0.4 is 4.34 Å². The fraction of sp³-hybridized carbons (Fsp3) is 0. The molecule has 0 spiro atoms. The van der Waals surface area contributed by atoms with Gasteiger partial charge in [-0.3, -0.25) is 0 Å². The zero-order chi connectivity index (χ0) is 7.56. The van der Waals surface area contributed by atoms with Gasteiger partial charge in [-0.25, -0.2) is 8.78 Å². The fourth-order valence-corrected chi connectivity index (χ4v) is 0.802. The maximum atomic E-state index is 12.3. The Bertz CT molecular complexity index is 239. The van der Waals surface area contributed by atoms with Gasteiger partial charge in [0.15, 0.2) is 11.6 Å². The number of nitrogens with one attached hydrogen (secondary N) is 1. The summed E-state index contributed by atoms with van der Waals surface area (Å²) in [6, 6.07) is 3.54. The van der Waals surface area contributed by atoms with Crippen LogP contribution in [0, 0.1) is 11.6 Å². The smallest absolute Gasteiger partial charge is 0.160 e. The van der Waals surface area contributed by atoms with Crippen LogP contribution in [-0.4, -0.2) is 0 Å². The van der Waals surface area contributed by atoms with Crippen molar-refractivity contribution in [3.8, 4) is 0 Å². The maximum absolute atomic E-state index is 12.3. The van der Waals surface area contributed by atoms with E-state index in [2.05, 4.69) is 20.5 Å². The van der Waals surface area contributed by atoms with Gasteiger partial charge in [0, 0.05) is 27.9 Å². The molecule has 1 nitrogen and oxygen atoms in total. The average Bonchev–Trinajstić information content (AvgIpc) is 1.95. The van der Waals surface area contributed by atoms with Crippen LogP contribution in [0.2, 0.25) is 0 Å². The molecule has 0 saturated heterocycles. The minimum atomic E-state index is -0.857. The molecule has 0 fully saturated rings. The summed E-state index contributed by atoms with van der Waals surface area (Å²) in [6.07, 6.45) is 0. The van der Waals surface area contributed by atoms with E-state index in [0.717, 1.165) is 12.1 Å². The van der Waals surface area contributed by atoms with Crippen molar-refractivity contribution in [1.29, 1.82) is 0 Å². The average molecular weight is 208 g/mol. The van der Waals surface area contributed by atoms with Gasteiger partial charge in [0.2, 0.25) is 0 Å². The molecule has 0 atom stereocenters. The molecule has 0 amide bonds. The molecule has 0 aromatic heterocycles. The third kappa shape index (κ3) is 1.44. The maximum Gasteiger partial charge on any atom is 0.160 e. The highest BCUT2D eigenvalue weighted by Crippen LogP contribution is 2.13. The highest BCUT2D eigenvalue weighted by Gasteiger charge is 1.99. The first kappa shape index (κ1) is 7.47. The second-order valence-electron chi connectivity index (χ2n) is 1.72. The fourth-order valence-electron chi connectivity index (χ4n) is 0.555. The Kier molecular flexibility index (Phi) is 2.21. The molecule has 1 aromatic carbocycles. The molecule has 4 heteroatoms. The SMILES string of the molecule is Fc1ccc(NBr)cc1F. The van der Waals surface area contributed by atoms with Crippen LogP contribution in [0.4, 0.5) is 14.5 Å². The summed E-state index contributed by atoms with van der Waals surface area (Å²) in [5.41, 5.74) is 0.485. The Balaban J connectivity index is 3.04. The van der Waals surface area contributed by atoms with Crippen LogP contribution in [-0.2, 0) is 0 Å². The second kappa shape index (κ2) is 2.96. The van der Waals surface area contributed by atoms with E-state index in [1.54, 1.807) is 0 Å². The lowest BCUT2D eigenvalue weighted by molar-refractivity contribution is 0.509. The van der Waals surface area contributed by atoms with Gasteiger partial charge in [0.05, 0.1) is 0 Å². The number of halogens is 3. The minimum absolute atomic E-state index is 0.485. The van der Waals surface area contributed by atoms with E-state index in [4.69, 9.17) is 0 Å². The van der Waals surface area contributed by atoms with Crippen molar-refractivity contribution in [2.75, 3.05) is 4.34 Å². The van der Waals surface area contributed by atoms with E-state index >= 15 is 0 Å². The highest BCUT2D eigenvalue weighted by atomic mass is 79.9. The van der Waals surface area contributed by atoms with E-state index in [9.17, 15) is 8.78 Å². The molecule has 10 heavy (non-hydrogen) atoms. The van der Waals surface area contributed by atoms with E-state index in [1.807, 2.05) is 0 Å². The molecule has 0 aliphatic rings. The van der Waals surface area contributed by atoms with Crippen molar-refractivity contribution < 1.29 is 8.78 Å². The molecule has 54 valence electrons. The summed E-state index contributed by atoms with van der Waals surface area (Å²) in [5.74, 6) is -1.70. The molecule has 0 radical (unpaired) electrons. The number of benzene rings is 1. The highest BCUT2D eigenvalue weighted by molar-refractivity contribution is 9.10. The van der Waals surface area contributed by atoms with Crippen LogP contribution in [0.3, 0.4) is 0 Å². The van der Waals surface area contributed by atoms with Crippen LogP contribution >= 0.6 is 16.1 Å². The van der Waals surface area contributed by atoms with Gasteiger partial charge in [-0.15, -0.1) is 0 Å². The zero-order valence-electron chi connectivity index (χ0n) is 4.87. The summed E-state index contributed by atoms with van der Waals surface area (Å²) in [7, 11) is 0. The van der Waals surface area contributed by atoms with Gasteiger partial charge in [-0.05, 0) is 12.1 Å². The summed E-state index contributed by atoms with van der Waals surface area (Å²) in [6.45, 7) is 0. The van der Waals surface area contributed by atoms with Crippen molar-refractivity contribution in [3.05, 3.63) is 29.8 Å². The van der Waals surface area contributed by atoms with Crippen LogP contribution in [0.1, 0.15) is 0 Å². The standard InChI is InChI=1S/C6H4BrF2N/c7-10-4-1-2-5(8)6(9)3-4/h1-3,10H. The van der Waals surface area contributed by atoms with Gasteiger partial charge in [-0.2, -0.15) is 0 Å². The normalized spacial score (nSPS) is 9.50. The zero-order valence-corrected chi connectivity index (χ0v) is 6.45. The molecule has 0 aliphatic heterocycles. The molecule has 1 N–H and O–H groups in total. The topological polar surface area (TPSA) is 12.0 Å². The van der Waals surface area contributed by atoms with E-state index in [1.165, 1.54) is 6.07 Å². The number of hydrogen-bond acceptors (Lipinski definition) is 1. The number of hydrogen-bond donors (Lipinski definition) is 1. The van der Waals surface area contributed by atoms with Crippen molar-refractivity contribution >= 4 is 21.8 Å². The van der Waals surface area contributed by atoms with Crippen molar-refractivity contribution in [3.63, 3.8) is 0 Å². The van der Waals surface area contributed by atoms with Crippen LogP contribution in [0.15, 0.2) is 18.2 Å². The van der Waals surface area contributed by atoms with Crippen molar-refractivity contribution in [2.24, 2.45) is 0 Å². The Morgan fingerprint density at radius 2 is 1.90 bits per heavy atom. The molecule has 1 rings (SSSR count). The molecule has 1 aromatic rings. The van der Waals surface area contributed by atoms with Crippen LogP contribution in [0.25, 0.3) is 0 Å². The van der Waals surface area contributed by atoms with Gasteiger partial charge < -0.3 is 4.34 Å². The number of anilines is 1. The molecular formula is C6H4BrF2N. The first-order valence-corrected chi connectivity index (χ1v) is 3.35. The third-order valence-corrected chi connectivity index (χ3v) is 1.49. The second-order valence-corrected chi connectivity index (χ2v) is 2.12. The van der Waals surface area contributed by atoms with E-state index in [-0.39, 0.29) is 0 Å². The number of rotatable bonds is 1. The first-order valence-electron chi connectivity index (χ1n) is 2.55. The molecule has 0 bridgehead atoms. The third-order valence-electron chi connectivity index (χ3n) is 1.03.